The Morgan fingerprint density at radius 2 is 2.33 bits per heavy atom. The molecule has 0 heterocycles. The highest BCUT2D eigenvalue weighted by atomic mass is 35.5. The SMILES string of the molecule is CC=CCNC(=O)c1ccc(Cl)cc1O. The maximum atomic E-state index is 11.5. The minimum atomic E-state index is -0.317. The van der Waals surface area contributed by atoms with Crippen LogP contribution in [0.15, 0.2) is 30.4 Å². The smallest absolute Gasteiger partial charge is 0.255 e. The fourth-order valence-electron chi connectivity index (χ4n) is 1.06. The summed E-state index contributed by atoms with van der Waals surface area (Å²) in [5.41, 5.74) is 0.226. The topological polar surface area (TPSA) is 49.3 Å². The molecular weight excluding hydrogens is 214 g/mol. The summed E-state index contributed by atoms with van der Waals surface area (Å²) in [6.07, 6.45) is 3.65. The summed E-state index contributed by atoms with van der Waals surface area (Å²) in [4.78, 5) is 11.5. The summed E-state index contributed by atoms with van der Waals surface area (Å²) in [7, 11) is 0. The zero-order valence-electron chi connectivity index (χ0n) is 8.33. The first-order valence-electron chi connectivity index (χ1n) is 4.53. The maximum absolute atomic E-state index is 11.5. The molecule has 0 aliphatic carbocycles. The number of amides is 1. The van der Waals surface area contributed by atoms with Crippen LogP contribution in [0.25, 0.3) is 0 Å². The van der Waals surface area contributed by atoms with Gasteiger partial charge in [0.05, 0.1) is 5.56 Å². The number of carbonyl (C=O) groups excluding carboxylic acids is 1. The molecule has 80 valence electrons. The quantitative estimate of drug-likeness (QED) is 0.776. The molecule has 1 amide bonds. The predicted octanol–water partition coefficient (Wildman–Crippen LogP) is 2.35. The molecule has 4 heteroatoms. The van der Waals surface area contributed by atoms with E-state index in [9.17, 15) is 9.90 Å². The monoisotopic (exact) mass is 225 g/mol. The van der Waals surface area contributed by atoms with Gasteiger partial charge in [-0.2, -0.15) is 0 Å². The number of carbonyl (C=O) groups is 1. The van der Waals surface area contributed by atoms with Gasteiger partial charge in [0.1, 0.15) is 5.75 Å². The van der Waals surface area contributed by atoms with Crippen LogP contribution in [0.2, 0.25) is 5.02 Å². The van der Waals surface area contributed by atoms with Crippen molar-refractivity contribution >= 4 is 17.5 Å². The summed E-state index contributed by atoms with van der Waals surface area (Å²) in [6.45, 7) is 2.31. The van der Waals surface area contributed by atoms with Crippen molar-refractivity contribution in [3.63, 3.8) is 0 Å². The van der Waals surface area contributed by atoms with Crippen LogP contribution in [-0.2, 0) is 0 Å². The third kappa shape index (κ3) is 3.29. The van der Waals surface area contributed by atoms with Crippen molar-refractivity contribution in [2.24, 2.45) is 0 Å². The molecule has 3 nitrogen and oxygen atoms in total. The molecule has 0 atom stereocenters. The van der Waals surface area contributed by atoms with E-state index in [1.54, 1.807) is 6.07 Å². The number of aromatic hydroxyl groups is 1. The van der Waals surface area contributed by atoms with Crippen LogP contribution in [0, 0.1) is 0 Å². The van der Waals surface area contributed by atoms with E-state index < -0.39 is 0 Å². The van der Waals surface area contributed by atoms with E-state index in [0.717, 1.165) is 0 Å². The number of rotatable bonds is 3. The van der Waals surface area contributed by atoms with Gasteiger partial charge in [0.2, 0.25) is 0 Å². The normalized spacial score (nSPS) is 10.5. The van der Waals surface area contributed by atoms with Gasteiger partial charge < -0.3 is 10.4 Å². The van der Waals surface area contributed by atoms with Crippen molar-refractivity contribution in [2.45, 2.75) is 6.92 Å². The zero-order valence-corrected chi connectivity index (χ0v) is 9.08. The average Bonchev–Trinajstić information content (AvgIpc) is 2.17. The molecule has 0 saturated heterocycles. The van der Waals surface area contributed by atoms with Crippen molar-refractivity contribution in [1.29, 1.82) is 0 Å². The Morgan fingerprint density at radius 1 is 1.60 bits per heavy atom. The number of nitrogens with one attached hydrogen (secondary N) is 1. The molecule has 0 aliphatic heterocycles. The highest BCUT2D eigenvalue weighted by Gasteiger charge is 2.09. The van der Waals surface area contributed by atoms with E-state index in [0.29, 0.717) is 11.6 Å². The largest absolute Gasteiger partial charge is 0.507 e. The van der Waals surface area contributed by atoms with Gasteiger partial charge in [-0.25, -0.2) is 0 Å². The van der Waals surface area contributed by atoms with Gasteiger partial charge in [0.15, 0.2) is 0 Å². The number of hydrogen-bond donors (Lipinski definition) is 2. The summed E-state index contributed by atoms with van der Waals surface area (Å²) < 4.78 is 0. The third-order valence-corrected chi connectivity index (χ3v) is 2.06. The fourth-order valence-corrected chi connectivity index (χ4v) is 1.23. The molecular formula is C11H12ClNO2. The molecule has 0 spiro atoms. The van der Waals surface area contributed by atoms with Crippen molar-refractivity contribution in [3.05, 3.63) is 40.9 Å². The average molecular weight is 226 g/mol. The maximum Gasteiger partial charge on any atom is 0.255 e. The molecule has 0 unspecified atom stereocenters. The van der Waals surface area contributed by atoms with Gasteiger partial charge in [0, 0.05) is 11.6 Å². The number of hydrogen-bond acceptors (Lipinski definition) is 2. The van der Waals surface area contributed by atoms with Gasteiger partial charge in [-0.1, -0.05) is 23.8 Å². The van der Waals surface area contributed by atoms with E-state index in [1.807, 2.05) is 19.1 Å². The Labute approximate surface area is 93.4 Å². The predicted molar refractivity (Wildman–Crippen MR) is 60.3 cm³/mol. The van der Waals surface area contributed by atoms with Crippen LogP contribution < -0.4 is 5.32 Å². The molecule has 1 aromatic carbocycles. The van der Waals surface area contributed by atoms with E-state index >= 15 is 0 Å². The van der Waals surface area contributed by atoms with Gasteiger partial charge in [-0.05, 0) is 25.1 Å². The van der Waals surface area contributed by atoms with Crippen molar-refractivity contribution in [3.8, 4) is 5.75 Å². The lowest BCUT2D eigenvalue weighted by Gasteiger charge is -2.04. The van der Waals surface area contributed by atoms with Crippen LogP contribution >= 0.6 is 11.6 Å². The van der Waals surface area contributed by atoms with E-state index in [1.165, 1.54) is 12.1 Å². The summed E-state index contributed by atoms with van der Waals surface area (Å²) >= 11 is 5.65. The number of allylic oxidation sites excluding steroid dienone is 1. The van der Waals surface area contributed by atoms with E-state index in [2.05, 4.69) is 5.32 Å². The number of phenols is 1. The van der Waals surface area contributed by atoms with E-state index in [-0.39, 0.29) is 17.2 Å². The lowest BCUT2D eigenvalue weighted by molar-refractivity contribution is 0.0955. The van der Waals surface area contributed by atoms with Crippen LogP contribution in [-0.4, -0.2) is 17.6 Å². The minimum absolute atomic E-state index is 0.111. The third-order valence-electron chi connectivity index (χ3n) is 1.82. The summed E-state index contributed by atoms with van der Waals surface area (Å²) in [5.74, 6) is -0.428. The lowest BCUT2D eigenvalue weighted by atomic mass is 10.2. The lowest BCUT2D eigenvalue weighted by Crippen LogP contribution is -2.23. The Balaban J connectivity index is 2.73. The second-order valence-electron chi connectivity index (χ2n) is 2.94. The number of benzene rings is 1. The molecule has 1 rings (SSSR count). The molecule has 2 N–H and O–H groups in total. The molecule has 0 fully saturated rings. The second kappa shape index (κ2) is 5.41. The first-order chi connectivity index (χ1) is 7.15. The van der Waals surface area contributed by atoms with Gasteiger partial charge in [-0.15, -0.1) is 0 Å². The molecule has 15 heavy (non-hydrogen) atoms. The fraction of sp³-hybridized carbons (Fsp3) is 0.182. The highest BCUT2D eigenvalue weighted by molar-refractivity contribution is 6.30. The Kier molecular flexibility index (Phi) is 4.18. The molecule has 0 aromatic heterocycles. The van der Waals surface area contributed by atoms with E-state index in [4.69, 9.17) is 11.6 Å². The Bertz CT molecular complexity index is 388. The van der Waals surface area contributed by atoms with Crippen LogP contribution in [0.5, 0.6) is 5.75 Å². The van der Waals surface area contributed by atoms with Gasteiger partial charge in [0.25, 0.3) is 5.91 Å². The first-order valence-corrected chi connectivity index (χ1v) is 4.91. The Morgan fingerprint density at radius 3 is 2.93 bits per heavy atom. The molecule has 0 radical (unpaired) electrons. The summed E-state index contributed by atoms with van der Waals surface area (Å²) in [6, 6.07) is 4.39. The van der Waals surface area contributed by atoms with Crippen molar-refractivity contribution in [2.75, 3.05) is 6.54 Å². The minimum Gasteiger partial charge on any atom is -0.507 e. The van der Waals surface area contributed by atoms with Crippen LogP contribution in [0.3, 0.4) is 0 Å². The second-order valence-corrected chi connectivity index (χ2v) is 3.38. The molecule has 0 aliphatic rings. The molecule has 0 bridgehead atoms. The van der Waals surface area contributed by atoms with Gasteiger partial charge in [-0.3, -0.25) is 4.79 Å². The number of halogens is 1. The summed E-state index contributed by atoms with van der Waals surface area (Å²) in [5, 5.41) is 12.5. The molecule has 0 saturated carbocycles. The van der Waals surface area contributed by atoms with Crippen LogP contribution in [0.4, 0.5) is 0 Å². The molecule has 1 aromatic rings. The first kappa shape index (κ1) is 11.6. The van der Waals surface area contributed by atoms with Crippen LogP contribution in [0.1, 0.15) is 17.3 Å². The van der Waals surface area contributed by atoms with Gasteiger partial charge >= 0.3 is 0 Å². The van der Waals surface area contributed by atoms with Crippen molar-refractivity contribution in [1.82, 2.24) is 5.32 Å². The highest BCUT2D eigenvalue weighted by Crippen LogP contribution is 2.21. The zero-order chi connectivity index (χ0) is 11.3. The standard InChI is InChI=1S/C11H12ClNO2/c1-2-3-6-13-11(15)9-5-4-8(12)7-10(9)14/h2-5,7,14H,6H2,1H3,(H,13,15). The number of phenolic OH excluding ortho intramolecular Hbond substituents is 1. The Hall–Kier alpha value is -1.48. The van der Waals surface area contributed by atoms with Crippen molar-refractivity contribution < 1.29 is 9.90 Å².